The molecule has 0 aliphatic rings. The number of aromatic amines is 1. The van der Waals surface area contributed by atoms with E-state index in [2.05, 4.69) is 20.5 Å². The van der Waals surface area contributed by atoms with Gasteiger partial charge in [0.2, 0.25) is 11.1 Å². The van der Waals surface area contributed by atoms with E-state index in [1.54, 1.807) is 25.6 Å². The lowest BCUT2D eigenvalue weighted by atomic mass is 9.96. The lowest BCUT2D eigenvalue weighted by molar-refractivity contribution is -0.115. The fourth-order valence-electron chi connectivity index (χ4n) is 2.78. The summed E-state index contributed by atoms with van der Waals surface area (Å²) in [6.45, 7) is 9.68. The van der Waals surface area contributed by atoms with Crippen LogP contribution in [0.15, 0.2) is 40.3 Å². The van der Waals surface area contributed by atoms with Crippen LogP contribution in [-0.4, -0.2) is 35.7 Å². The number of benzene rings is 1. The maximum absolute atomic E-state index is 12.9. The lowest BCUT2D eigenvalue weighted by Gasteiger charge is -2.13. The first kappa shape index (κ1) is 20.9. The molecule has 29 heavy (non-hydrogen) atoms. The molecule has 1 unspecified atom stereocenters. The Bertz CT molecular complexity index is 1070. The fraction of sp³-hybridized carbons (Fsp3) is 0.400. The SMILES string of the molecule is Cc1c(NC(=O)C(C)Sc2n[nH]c(C(C)(C)C)n2)c(=O)n(-c2ccccc2)n1C. The second-order valence-corrected chi connectivity index (χ2v) is 9.21. The molecule has 0 bridgehead atoms. The Labute approximate surface area is 173 Å². The maximum Gasteiger partial charge on any atom is 0.295 e. The number of rotatable bonds is 5. The summed E-state index contributed by atoms with van der Waals surface area (Å²) in [5.41, 5.74) is 1.27. The van der Waals surface area contributed by atoms with Gasteiger partial charge in [-0.15, -0.1) is 5.10 Å². The minimum atomic E-state index is -0.470. The Balaban J connectivity index is 1.79. The molecule has 2 heterocycles. The van der Waals surface area contributed by atoms with Gasteiger partial charge in [-0.1, -0.05) is 50.7 Å². The Hall–Kier alpha value is -2.81. The molecule has 0 saturated heterocycles. The number of hydrogen-bond donors (Lipinski definition) is 2. The van der Waals surface area contributed by atoms with Crippen LogP contribution in [0.1, 0.15) is 39.2 Å². The number of nitrogens with zero attached hydrogens (tertiary/aromatic N) is 4. The van der Waals surface area contributed by atoms with Crippen molar-refractivity contribution in [3.63, 3.8) is 0 Å². The summed E-state index contributed by atoms with van der Waals surface area (Å²) < 4.78 is 3.27. The summed E-state index contributed by atoms with van der Waals surface area (Å²) in [7, 11) is 1.79. The van der Waals surface area contributed by atoms with E-state index >= 15 is 0 Å². The van der Waals surface area contributed by atoms with Gasteiger partial charge in [-0.3, -0.25) is 19.4 Å². The highest BCUT2D eigenvalue weighted by atomic mass is 32.2. The van der Waals surface area contributed by atoms with Gasteiger partial charge in [0.1, 0.15) is 11.5 Å². The van der Waals surface area contributed by atoms with Crippen LogP contribution in [0.3, 0.4) is 0 Å². The van der Waals surface area contributed by atoms with Gasteiger partial charge in [0, 0.05) is 12.5 Å². The van der Waals surface area contributed by atoms with Crippen LogP contribution in [0.4, 0.5) is 5.69 Å². The zero-order chi connectivity index (χ0) is 21.3. The molecule has 9 heteroatoms. The first-order chi connectivity index (χ1) is 13.6. The zero-order valence-electron chi connectivity index (χ0n) is 17.5. The number of nitrogens with one attached hydrogen (secondary N) is 2. The highest BCUT2D eigenvalue weighted by Gasteiger charge is 2.24. The van der Waals surface area contributed by atoms with Gasteiger partial charge in [-0.25, -0.2) is 9.67 Å². The van der Waals surface area contributed by atoms with E-state index in [9.17, 15) is 9.59 Å². The summed E-state index contributed by atoms with van der Waals surface area (Å²) in [4.78, 5) is 30.1. The predicted octanol–water partition coefficient (Wildman–Crippen LogP) is 3.02. The third-order valence-electron chi connectivity index (χ3n) is 4.63. The minimum absolute atomic E-state index is 0.152. The molecule has 8 nitrogen and oxygen atoms in total. The second-order valence-electron chi connectivity index (χ2n) is 7.90. The molecule has 1 atom stereocenters. The van der Waals surface area contributed by atoms with E-state index in [4.69, 9.17) is 0 Å². The van der Waals surface area contributed by atoms with Crippen molar-refractivity contribution in [2.45, 2.75) is 50.4 Å². The average molecular weight is 415 g/mol. The fourth-order valence-corrected chi connectivity index (χ4v) is 3.51. The Kier molecular flexibility index (Phi) is 5.70. The quantitative estimate of drug-likeness (QED) is 0.626. The summed E-state index contributed by atoms with van der Waals surface area (Å²) >= 11 is 1.25. The molecule has 2 N–H and O–H groups in total. The molecule has 154 valence electrons. The van der Waals surface area contributed by atoms with Crippen LogP contribution in [0, 0.1) is 6.92 Å². The first-order valence-corrected chi connectivity index (χ1v) is 10.2. The first-order valence-electron chi connectivity index (χ1n) is 9.34. The zero-order valence-corrected chi connectivity index (χ0v) is 18.3. The van der Waals surface area contributed by atoms with E-state index in [-0.39, 0.29) is 22.6 Å². The summed E-state index contributed by atoms with van der Waals surface area (Å²) in [5, 5.41) is 9.92. The van der Waals surface area contributed by atoms with Crippen molar-refractivity contribution >= 4 is 23.4 Å². The van der Waals surface area contributed by atoms with Crippen molar-refractivity contribution < 1.29 is 4.79 Å². The Morgan fingerprint density at radius 1 is 1.24 bits per heavy atom. The maximum atomic E-state index is 12.9. The number of H-pyrrole nitrogens is 1. The van der Waals surface area contributed by atoms with Gasteiger partial charge < -0.3 is 5.32 Å². The van der Waals surface area contributed by atoms with Crippen LogP contribution < -0.4 is 10.9 Å². The van der Waals surface area contributed by atoms with Crippen molar-refractivity contribution in [3.8, 4) is 5.69 Å². The van der Waals surface area contributed by atoms with Gasteiger partial charge in [0.05, 0.1) is 16.6 Å². The van der Waals surface area contributed by atoms with Gasteiger partial charge in [-0.05, 0) is 26.0 Å². The molecule has 3 aromatic rings. The molecule has 2 aromatic heterocycles. The monoisotopic (exact) mass is 414 g/mol. The third kappa shape index (κ3) is 4.29. The lowest BCUT2D eigenvalue weighted by Crippen LogP contribution is -2.27. The number of aromatic nitrogens is 5. The van der Waals surface area contributed by atoms with E-state index in [1.807, 2.05) is 51.1 Å². The number of carbonyl (C=O) groups is 1. The number of hydrogen-bond acceptors (Lipinski definition) is 5. The topological polar surface area (TPSA) is 97.6 Å². The highest BCUT2D eigenvalue weighted by Crippen LogP contribution is 2.24. The summed E-state index contributed by atoms with van der Waals surface area (Å²) in [6, 6.07) is 9.32. The smallest absolute Gasteiger partial charge is 0.295 e. The van der Waals surface area contributed by atoms with Crippen molar-refractivity contribution in [2.75, 3.05) is 5.32 Å². The van der Waals surface area contributed by atoms with E-state index in [1.165, 1.54) is 16.4 Å². The van der Waals surface area contributed by atoms with Crippen LogP contribution >= 0.6 is 11.8 Å². The number of anilines is 1. The summed E-state index contributed by atoms with van der Waals surface area (Å²) in [6.07, 6.45) is 0. The van der Waals surface area contributed by atoms with E-state index in [0.717, 1.165) is 11.5 Å². The van der Waals surface area contributed by atoms with Crippen molar-refractivity contribution in [1.82, 2.24) is 24.5 Å². The number of thioether (sulfide) groups is 1. The number of carbonyl (C=O) groups excluding carboxylic acids is 1. The van der Waals surface area contributed by atoms with E-state index < -0.39 is 5.25 Å². The van der Waals surface area contributed by atoms with Crippen LogP contribution in [0.5, 0.6) is 0 Å². The largest absolute Gasteiger partial charge is 0.319 e. The van der Waals surface area contributed by atoms with Crippen LogP contribution in [0.25, 0.3) is 5.69 Å². The minimum Gasteiger partial charge on any atom is -0.319 e. The predicted molar refractivity (Wildman–Crippen MR) is 115 cm³/mol. The molecular formula is C20H26N6O2S. The van der Waals surface area contributed by atoms with Crippen molar-refractivity contribution in [1.29, 1.82) is 0 Å². The molecule has 0 aliphatic heterocycles. The molecule has 0 fully saturated rings. The van der Waals surface area contributed by atoms with Crippen LogP contribution in [0.2, 0.25) is 0 Å². The molecule has 1 amide bonds. The molecule has 0 aliphatic carbocycles. The Morgan fingerprint density at radius 3 is 2.48 bits per heavy atom. The van der Waals surface area contributed by atoms with Gasteiger partial charge >= 0.3 is 0 Å². The number of amides is 1. The Morgan fingerprint density at radius 2 is 1.90 bits per heavy atom. The molecule has 0 saturated carbocycles. The molecule has 0 spiro atoms. The molecule has 1 aromatic carbocycles. The normalized spacial score (nSPS) is 12.8. The van der Waals surface area contributed by atoms with Crippen LogP contribution in [-0.2, 0) is 17.3 Å². The summed E-state index contributed by atoms with van der Waals surface area (Å²) in [5.74, 6) is 0.486. The van der Waals surface area contributed by atoms with Crippen molar-refractivity contribution in [3.05, 3.63) is 52.2 Å². The molecule has 0 radical (unpaired) electrons. The van der Waals surface area contributed by atoms with E-state index in [0.29, 0.717) is 10.9 Å². The third-order valence-corrected chi connectivity index (χ3v) is 5.59. The van der Waals surface area contributed by atoms with Gasteiger partial charge in [0.15, 0.2) is 0 Å². The second kappa shape index (κ2) is 7.90. The molecule has 3 rings (SSSR count). The molecular weight excluding hydrogens is 388 g/mol. The van der Waals surface area contributed by atoms with Gasteiger partial charge in [0.25, 0.3) is 5.56 Å². The van der Waals surface area contributed by atoms with Gasteiger partial charge in [-0.2, -0.15) is 0 Å². The van der Waals surface area contributed by atoms with Crippen molar-refractivity contribution in [2.24, 2.45) is 7.05 Å². The highest BCUT2D eigenvalue weighted by molar-refractivity contribution is 8.00. The standard InChI is InChI=1S/C20H26N6O2S/c1-12-15(17(28)26(25(12)6)14-10-8-7-9-11-14)21-16(27)13(2)29-19-22-18(23-24-19)20(3,4)5/h7-11,13H,1-6H3,(H,21,27)(H,22,23,24). The average Bonchev–Trinajstić information content (AvgIpc) is 3.21. The number of para-hydroxylation sites is 1.